The number of amides is 1. The number of halogens is 1. The van der Waals surface area contributed by atoms with E-state index in [4.69, 9.17) is 4.74 Å². The van der Waals surface area contributed by atoms with Crippen LogP contribution in [0.4, 0.5) is 10.1 Å². The summed E-state index contributed by atoms with van der Waals surface area (Å²) in [7, 11) is 0. The average Bonchev–Trinajstić information content (AvgIpc) is 2.67. The van der Waals surface area contributed by atoms with Crippen LogP contribution < -0.4 is 4.90 Å². The summed E-state index contributed by atoms with van der Waals surface area (Å²) < 4.78 is 19.6. The van der Waals surface area contributed by atoms with Crippen LogP contribution >= 0.6 is 0 Å². The van der Waals surface area contributed by atoms with E-state index < -0.39 is 17.4 Å². The number of benzene rings is 1. The van der Waals surface area contributed by atoms with E-state index >= 15 is 0 Å². The third-order valence-electron chi connectivity index (χ3n) is 4.36. The molecule has 1 amide bonds. The zero-order valence-corrected chi connectivity index (χ0v) is 14.3. The maximum atomic E-state index is 14.3. The van der Waals surface area contributed by atoms with Crippen LogP contribution in [-0.2, 0) is 14.3 Å². The number of anilines is 1. The van der Waals surface area contributed by atoms with Crippen LogP contribution in [0.5, 0.6) is 0 Å². The molecule has 0 radical (unpaired) electrons. The van der Waals surface area contributed by atoms with Gasteiger partial charge in [-0.15, -0.1) is 0 Å². The van der Waals surface area contributed by atoms with Gasteiger partial charge in [0.15, 0.2) is 0 Å². The Kier molecular flexibility index (Phi) is 4.20. The van der Waals surface area contributed by atoms with Gasteiger partial charge in [-0.05, 0) is 45.6 Å². The van der Waals surface area contributed by atoms with Gasteiger partial charge in [0.25, 0.3) is 5.91 Å². The summed E-state index contributed by atoms with van der Waals surface area (Å²) in [5.74, 6) is -0.950. The van der Waals surface area contributed by atoms with Crippen LogP contribution in [0.3, 0.4) is 0 Å². The highest BCUT2D eigenvalue weighted by atomic mass is 19.1. The van der Waals surface area contributed by atoms with Gasteiger partial charge >= 0.3 is 5.97 Å². The zero-order valence-electron chi connectivity index (χ0n) is 14.3. The van der Waals surface area contributed by atoms with Gasteiger partial charge in [0, 0.05) is 18.2 Å². The second-order valence-corrected chi connectivity index (χ2v) is 7.44. The van der Waals surface area contributed by atoms with E-state index in [1.165, 1.54) is 17.0 Å². The van der Waals surface area contributed by atoms with Crippen LogP contribution in [0.1, 0.15) is 45.6 Å². The summed E-state index contributed by atoms with van der Waals surface area (Å²) >= 11 is 0. The van der Waals surface area contributed by atoms with Crippen molar-refractivity contribution in [2.45, 2.75) is 45.6 Å². The van der Waals surface area contributed by atoms with Gasteiger partial charge < -0.3 is 9.64 Å². The number of ether oxygens (including phenoxy) is 1. The number of para-hydroxylation sites is 1. The molecule has 0 saturated heterocycles. The molecule has 0 spiro atoms. The molecule has 0 aromatic heterocycles. The number of rotatable bonds is 3. The van der Waals surface area contributed by atoms with Crippen molar-refractivity contribution >= 4 is 23.1 Å². The number of hydrogen-bond donors (Lipinski definition) is 0. The summed E-state index contributed by atoms with van der Waals surface area (Å²) in [6, 6.07) is 4.57. The number of fused-ring (bicyclic) bond motifs is 1. The Balaban J connectivity index is 1.95. The molecule has 1 saturated carbocycles. The minimum absolute atomic E-state index is 0.207. The lowest BCUT2D eigenvalue weighted by Crippen LogP contribution is -2.35. The molecule has 1 aliphatic carbocycles. The van der Waals surface area contributed by atoms with Gasteiger partial charge in [0.1, 0.15) is 11.4 Å². The Hall–Kier alpha value is -2.17. The molecular weight excluding hydrogens is 309 g/mol. The standard InChI is InChI=1S/C19H22FNO3/c1-19(2,3)24-16(22)10-14-13-8-5-9-15(20)17(13)21(18(14)23)11-12-6-4-7-12/h5,8-10,12H,4,6-7,11H2,1-3H3/b14-10+. The quantitative estimate of drug-likeness (QED) is 0.627. The Morgan fingerprint density at radius 3 is 2.67 bits per heavy atom. The molecule has 0 unspecified atom stereocenters. The largest absolute Gasteiger partial charge is 0.457 e. The normalized spacial score (nSPS) is 19.4. The summed E-state index contributed by atoms with van der Waals surface area (Å²) in [5.41, 5.74) is 0.305. The van der Waals surface area contributed by atoms with Gasteiger partial charge in [0.05, 0.1) is 11.3 Å². The number of hydrogen-bond acceptors (Lipinski definition) is 3. The number of carbonyl (C=O) groups excluding carboxylic acids is 2. The summed E-state index contributed by atoms with van der Waals surface area (Å²) in [5, 5.41) is 0. The topological polar surface area (TPSA) is 46.6 Å². The van der Waals surface area contributed by atoms with Crippen LogP contribution in [0.25, 0.3) is 5.57 Å². The molecule has 2 aliphatic rings. The number of esters is 1. The molecule has 0 atom stereocenters. The van der Waals surface area contributed by atoms with E-state index in [1.807, 2.05) is 0 Å². The highest BCUT2D eigenvalue weighted by molar-refractivity contribution is 6.34. The Labute approximate surface area is 141 Å². The van der Waals surface area contributed by atoms with Crippen molar-refractivity contribution in [3.05, 3.63) is 35.7 Å². The van der Waals surface area contributed by atoms with Gasteiger partial charge in [-0.2, -0.15) is 0 Å². The molecule has 5 heteroatoms. The Morgan fingerprint density at radius 2 is 2.08 bits per heavy atom. The van der Waals surface area contributed by atoms with Crippen LogP contribution in [0, 0.1) is 11.7 Å². The average molecular weight is 331 g/mol. The highest BCUT2D eigenvalue weighted by Crippen LogP contribution is 2.41. The fourth-order valence-corrected chi connectivity index (χ4v) is 3.07. The second-order valence-electron chi connectivity index (χ2n) is 7.44. The van der Waals surface area contributed by atoms with Gasteiger partial charge in [-0.1, -0.05) is 18.6 Å². The molecule has 0 bridgehead atoms. The van der Waals surface area contributed by atoms with E-state index in [2.05, 4.69) is 0 Å². The van der Waals surface area contributed by atoms with Gasteiger partial charge in [0.2, 0.25) is 0 Å². The first-order chi connectivity index (χ1) is 11.3. The summed E-state index contributed by atoms with van der Waals surface area (Å²) in [6.45, 7) is 5.78. The first kappa shape index (κ1) is 16.7. The van der Waals surface area contributed by atoms with Gasteiger partial charge in [-0.25, -0.2) is 9.18 Å². The summed E-state index contributed by atoms with van der Waals surface area (Å²) in [4.78, 5) is 26.3. The first-order valence-corrected chi connectivity index (χ1v) is 8.32. The van der Waals surface area contributed by atoms with Crippen LogP contribution in [-0.4, -0.2) is 24.0 Å². The van der Waals surface area contributed by atoms with E-state index in [0.29, 0.717) is 18.0 Å². The smallest absolute Gasteiger partial charge is 0.332 e. The van der Waals surface area contributed by atoms with Crippen molar-refractivity contribution in [1.29, 1.82) is 0 Å². The third-order valence-corrected chi connectivity index (χ3v) is 4.36. The van der Waals surface area contributed by atoms with E-state index in [0.717, 1.165) is 19.3 Å². The Bertz CT molecular complexity index is 714. The fourth-order valence-electron chi connectivity index (χ4n) is 3.07. The molecule has 128 valence electrons. The van der Waals surface area contributed by atoms with E-state index in [1.54, 1.807) is 32.9 Å². The minimum Gasteiger partial charge on any atom is -0.457 e. The lowest BCUT2D eigenvalue weighted by atomic mass is 9.85. The SMILES string of the molecule is CC(C)(C)OC(=O)/C=C1/C(=O)N(CC2CCC2)c2c(F)cccc21. The number of carbonyl (C=O) groups is 2. The second kappa shape index (κ2) is 6.04. The molecule has 1 heterocycles. The first-order valence-electron chi connectivity index (χ1n) is 8.32. The van der Waals surface area contributed by atoms with Crippen molar-refractivity contribution in [2.24, 2.45) is 5.92 Å². The molecule has 3 rings (SSSR count). The monoisotopic (exact) mass is 331 g/mol. The third kappa shape index (κ3) is 3.21. The van der Waals surface area contributed by atoms with Crippen molar-refractivity contribution in [3.8, 4) is 0 Å². The Morgan fingerprint density at radius 1 is 1.38 bits per heavy atom. The van der Waals surface area contributed by atoms with Crippen molar-refractivity contribution in [3.63, 3.8) is 0 Å². The highest BCUT2D eigenvalue weighted by Gasteiger charge is 2.37. The van der Waals surface area contributed by atoms with E-state index in [9.17, 15) is 14.0 Å². The predicted molar refractivity (Wildman–Crippen MR) is 89.9 cm³/mol. The van der Waals surface area contributed by atoms with Crippen molar-refractivity contribution in [2.75, 3.05) is 11.4 Å². The molecule has 4 nitrogen and oxygen atoms in total. The molecule has 1 aliphatic heterocycles. The molecule has 1 fully saturated rings. The lowest BCUT2D eigenvalue weighted by molar-refractivity contribution is -0.148. The molecule has 0 N–H and O–H groups in total. The lowest BCUT2D eigenvalue weighted by Gasteiger charge is -2.30. The molecule has 1 aromatic rings. The maximum Gasteiger partial charge on any atom is 0.332 e. The number of nitrogens with zero attached hydrogens (tertiary/aromatic N) is 1. The van der Waals surface area contributed by atoms with Crippen LogP contribution in [0.15, 0.2) is 24.3 Å². The predicted octanol–water partition coefficient (Wildman–Crippen LogP) is 3.70. The van der Waals surface area contributed by atoms with E-state index in [-0.39, 0.29) is 17.2 Å². The van der Waals surface area contributed by atoms with Crippen molar-refractivity contribution < 1.29 is 18.7 Å². The van der Waals surface area contributed by atoms with Crippen LogP contribution in [0.2, 0.25) is 0 Å². The summed E-state index contributed by atoms with van der Waals surface area (Å²) in [6.07, 6.45) is 4.45. The molecule has 24 heavy (non-hydrogen) atoms. The minimum atomic E-state index is -0.647. The van der Waals surface area contributed by atoms with Crippen molar-refractivity contribution in [1.82, 2.24) is 0 Å². The zero-order chi connectivity index (χ0) is 17.5. The van der Waals surface area contributed by atoms with Gasteiger partial charge in [-0.3, -0.25) is 4.79 Å². The molecule has 1 aromatic carbocycles. The fraction of sp³-hybridized carbons (Fsp3) is 0.474. The molecular formula is C19H22FNO3. The maximum absolute atomic E-state index is 14.3.